The van der Waals surface area contributed by atoms with E-state index in [1.54, 1.807) is 4.90 Å². The predicted molar refractivity (Wildman–Crippen MR) is 76.1 cm³/mol. The van der Waals surface area contributed by atoms with E-state index in [1.807, 2.05) is 0 Å². The number of carbonyl (C=O) groups is 1. The van der Waals surface area contributed by atoms with Crippen molar-refractivity contribution in [1.29, 1.82) is 0 Å². The summed E-state index contributed by atoms with van der Waals surface area (Å²) in [5.74, 6) is 1.20. The van der Waals surface area contributed by atoms with E-state index in [0.717, 1.165) is 12.2 Å². The van der Waals surface area contributed by atoms with Gasteiger partial charge in [-0.15, -0.1) is 0 Å². The predicted octanol–water partition coefficient (Wildman–Crippen LogP) is 0.0390. The van der Waals surface area contributed by atoms with E-state index >= 15 is 0 Å². The number of fused-ring (bicyclic) bond motifs is 1. The van der Waals surface area contributed by atoms with Crippen molar-refractivity contribution in [2.75, 3.05) is 6.54 Å². The number of rotatable bonds is 3. The Morgan fingerprint density at radius 1 is 1.41 bits per heavy atom. The van der Waals surface area contributed by atoms with Gasteiger partial charge in [0.05, 0.1) is 18.4 Å². The van der Waals surface area contributed by atoms with Crippen LogP contribution in [0.1, 0.15) is 40.4 Å². The lowest BCUT2D eigenvalue weighted by Gasteiger charge is -2.27. The molecule has 0 unspecified atom stereocenters. The summed E-state index contributed by atoms with van der Waals surface area (Å²) in [6.07, 6.45) is 5.15. The van der Waals surface area contributed by atoms with Gasteiger partial charge in [-0.2, -0.15) is 15.4 Å². The van der Waals surface area contributed by atoms with Crippen LogP contribution in [0.5, 0.6) is 0 Å². The van der Waals surface area contributed by atoms with E-state index in [0.29, 0.717) is 36.7 Å². The average molecular weight is 300 g/mol. The van der Waals surface area contributed by atoms with Gasteiger partial charge in [0.1, 0.15) is 5.82 Å². The monoisotopic (exact) mass is 300 g/mol. The molecule has 0 aromatic carbocycles. The SMILES string of the molecule is O=C(c1cn[nH]n1)N1CCc2c(nc(CC3CC3)[nH]c2=O)C1. The molecule has 4 rings (SSSR count). The summed E-state index contributed by atoms with van der Waals surface area (Å²) in [6, 6.07) is 0. The van der Waals surface area contributed by atoms with E-state index in [2.05, 4.69) is 25.4 Å². The fourth-order valence-corrected chi connectivity index (χ4v) is 2.82. The summed E-state index contributed by atoms with van der Waals surface area (Å²) in [5, 5.41) is 9.91. The summed E-state index contributed by atoms with van der Waals surface area (Å²) >= 11 is 0. The van der Waals surface area contributed by atoms with Crippen molar-refractivity contribution in [3.63, 3.8) is 0 Å². The molecular formula is C14H16N6O2. The summed E-state index contributed by atoms with van der Waals surface area (Å²) < 4.78 is 0. The van der Waals surface area contributed by atoms with Crippen LogP contribution in [0.3, 0.4) is 0 Å². The van der Waals surface area contributed by atoms with Crippen molar-refractivity contribution in [3.8, 4) is 0 Å². The lowest BCUT2D eigenvalue weighted by Crippen LogP contribution is -2.39. The van der Waals surface area contributed by atoms with Gasteiger partial charge in [0.15, 0.2) is 5.69 Å². The maximum absolute atomic E-state index is 12.3. The first-order valence-electron chi connectivity index (χ1n) is 7.46. The van der Waals surface area contributed by atoms with Crippen LogP contribution in [-0.2, 0) is 19.4 Å². The first-order valence-corrected chi connectivity index (χ1v) is 7.46. The number of H-pyrrole nitrogens is 2. The van der Waals surface area contributed by atoms with Crippen molar-refractivity contribution >= 4 is 5.91 Å². The molecule has 8 nitrogen and oxygen atoms in total. The third kappa shape index (κ3) is 2.40. The highest BCUT2D eigenvalue weighted by Gasteiger charge is 2.28. The first kappa shape index (κ1) is 13.2. The molecular weight excluding hydrogens is 284 g/mol. The standard InChI is InChI=1S/C14H16N6O2/c21-13-9-3-4-20(14(22)10-6-15-19-18-10)7-11(9)16-12(17-13)5-8-1-2-8/h6,8H,1-5,7H2,(H,15,18,19)(H,16,17,21). The molecule has 1 amide bonds. The fraction of sp³-hybridized carbons (Fsp3) is 0.500. The Balaban J connectivity index is 1.60. The number of nitrogens with one attached hydrogen (secondary N) is 2. The molecule has 1 fully saturated rings. The highest BCUT2D eigenvalue weighted by Crippen LogP contribution is 2.31. The van der Waals surface area contributed by atoms with Crippen LogP contribution in [0.25, 0.3) is 0 Å². The molecule has 2 N–H and O–H groups in total. The maximum atomic E-state index is 12.3. The normalized spacial score (nSPS) is 17.4. The molecule has 0 atom stereocenters. The lowest BCUT2D eigenvalue weighted by atomic mass is 10.1. The number of nitrogens with zero attached hydrogens (tertiary/aromatic N) is 4. The van der Waals surface area contributed by atoms with Crippen LogP contribution in [0, 0.1) is 5.92 Å². The van der Waals surface area contributed by atoms with Crippen molar-refractivity contribution < 1.29 is 4.79 Å². The Hall–Kier alpha value is -2.51. The number of aromatic nitrogens is 5. The molecule has 1 aliphatic carbocycles. The largest absolute Gasteiger partial charge is 0.331 e. The van der Waals surface area contributed by atoms with Gasteiger partial charge in [0, 0.05) is 18.5 Å². The molecule has 0 saturated heterocycles. The van der Waals surface area contributed by atoms with E-state index in [9.17, 15) is 9.59 Å². The van der Waals surface area contributed by atoms with Gasteiger partial charge in [-0.3, -0.25) is 9.59 Å². The van der Waals surface area contributed by atoms with Crippen molar-refractivity contribution in [2.24, 2.45) is 5.92 Å². The van der Waals surface area contributed by atoms with Crippen LogP contribution < -0.4 is 5.56 Å². The molecule has 2 aliphatic rings. The van der Waals surface area contributed by atoms with Gasteiger partial charge in [0.25, 0.3) is 11.5 Å². The third-order valence-electron chi connectivity index (χ3n) is 4.22. The van der Waals surface area contributed by atoms with Gasteiger partial charge >= 0.3 is 0 Å². The van der Waals surface area contributed by atoms with Crippen LogP contribution in [-0.4, -0.2) is 42.7 Å². The number of hydrogen-bond donors (Lipinski definition) is 2. The molecule has 114 valence electrons. The minimum atomic E-state index is -0.190. The van der Waals surface area contributed by atoms with Gasteiger partial charge in [-0.1, -0.05) is 0 Å². The Bertz CT molecular complexity index is 762. The second-order valence-electron chi connectivity index (χ2n) is 5.92. The van der Waals surface area contributed by atoms with Crippen molar-refractivity contribution in [3.05, 3.63) is 39.3 Å². The third-order valence-corrected chi connectivity index (χ3v) is 4.22. The van der Waals surface area contributed by atoms with E-state index in [-0.39, 0.29) is 17.2 Å². The van der Waals surface area contributed by atoms with Crippen LogP contribution >= 0.6 is 0 Å². The zero-order chi connectivity index (χ0) is 15.1. The topological polar surface area (TPSA) is 108 Å². The Morgan fingerprint density at radius 2 is 2.27 bits per heavy atom. The number of amides is 1. The van der Waals surface area contributed by atoms with Gasteiger partial charge in [-0.25, -0.2) is 4.98 Å². The molecule has 0 bridgehead atoms. The number of aromatic amines is 2. The van der Waals surface area contributed by atoms with E-state index < -0.39 is 0 Å². The highest BCUT2D eigenvalue weighted by atomic mass is 16.2. The molecule has 0 spiro atoms. The summed E-state index contributed by atoms with van der Waals surface area (Å²) in [7, 11) is 0. The summed E-state index contributed by atoms with van der Waals surface area (Å²) in [5.41, 5.74) is 1.63. The second kappa shape index (κ2) is 5.04. The van der Waals surface area contributed by atoms with Gasteiger partial charge < -0.3 is 9.88 Å². The van der Waals surface area contributed by atoms with Gasteiger partial charge in [0.2, 0.25) is 0 Å². The summed E-state index contributed by atoms with van der Waals surface area (Å²) in [6.45, 7) is 0.841. The van der Waals surface area contributed by atoms with Crippen molar-refractivity contribution in [1.82, 2.24) is 30.3 Å². The zero-order valence-electron chi connectivity index (χ0n) is 12.0. The molecule has 1 saturated carbocycles. The Labute approximate surface area is 126 Å². The van der Waals surface area contributed by atoms with Crippen molar-refractivity contribution in [2.45, 2.75) is 32.2 Å². The van der Waals surface area contributed by atoms with Crippen LogP contribution in [0.4, 0.5) is 0 Å². The molecule has 0 radical (unpaired) electrons. The molecule has 2 aromatic rings. The smallest absolute Gasteiger partial charge is 0.276 e. The highest BCUT2D eigenvalue weighted by molar-refractivity contribution is 5.91. The fourth-order valence-electron chi connectivity index (χ4n) is 2.82. The quantitative estimate of drug-likeness (QED) is 0.832. The number of carbonyl (C=O) groups excluding carboxylic acids is 1. The lowest BCUT2D eigenvalue weighted by molar-refractivity contribution is 0.0725. The minimum absolute atomic E-state index is 0.0609. The zero-order valence-corrected chi connectivity index (χ0v) is 12.0. The molecule has 8 heteroatoms. The second-order valence-corrected chi connectivity index (χ2v) is 5.92. The maximum Gasteiger partial charge on any atom is 0.276 e. The summed E-state index contributed by atoms with van der Waals surface area (Å²) in [4.78, 5) is 33.6. The first-order chi connectivity index (χ1) is 10.7. The van der Waals surface area contributed by atoms with E-state index in [4.69, 9.17) is 0 Å². The average Bonchev–Trinajstić information content (AvgIpc) is 3.16. The van der Waals surface area contributed by atoms with Gasteiger partial charge in [-0.05, 0) is 25.2 Å². The number of hydrogen-bond acceptors (Lipinski definition) is 5. The molecule has 2 aromatic heterocycles. The van der Waals surface area contributed by atoms with Crippen LogP contribution in [0.15, 0.2) is 11.0 Å². The molecule has 3 heterocycles. The molecule has 1 aliphatic heterocycles. The molecule has 22 heavy (non-hydrogen) atoms. The van der Waals surface area contributed by atoms with Crippen LogP contribution in [0.2, 0.25) is 0 Å². The Kier molecular flexibility index (Phi) is 3.02. The Morgan fingerprint density at radius 3 is 3.00 bits per heavy atom. The minimum Gasteiger partial charge on any atom is -0.331 e. The van der Waals surface area contributed by atoms with E-state index in [1.165, 1.54) is 19.0 Å².